The number of methoxy groups -OCH3 is 2. The summed E-state index contributed by atoms with van der Waals surface area (Å²) in [6.45, 7) is 0.675. The molecule has 1 saturated heterocycles. The fourth-order valence-corrected chi connectivity index (χ4v) is 2.86. The van der Waals surface area contributed by atoms with Crippen LogP contribution in [0.2, 0.25) is 0 Å². The van der Waals surface area contributed by atoms with E-state index in [4.69, 9.17) is 14.2 Å². The first-order valence-electron chi connectivity index (χ1n) is 8.57. The van der Waals surface area contributed by atoms with E-state index in [2.05, 4.69) is 5.32 Å². The SMILES string of the molecule is COc1ccc(CNC(=O)[C@@H]2COC(=O)N2Cc2cccc(OC)c2)cc1. The third-order valence-corrected chi connectivity index (χ3v) is 4.39. The molecule has 7 nitrogen and oxygen atoms in total. The van der Waals surface area contributed by atoms with E-state index in [0.29, 0.717) is 12.3 Å². The lowest BCUT2D eigenvalue weighted by Gasteiger charge is -2.21. The first-order chi connectivity index (χ1) is 13.1. The monoisotopic (exact) mass is 370 g/mol. The largest absolute Gasteiger partial charge is 0.497 e. The van der Waals surface area contributed by atoms with Gasteiger partial charge in [0.05, 0.1) is 20.8 Å². The zero-order chi connectivity index (χ0) is 19.2. The lowest BCUT2D eigenvalue weighted by atomic mass is 10.1. The van der Waals surface area contributed by atoms with Gasteiger partial charge in [-0.2, -0.15) is 0 Å². The van der Waals surface area contributed by atoms with Crippen molar-refractivity contribution in [1.29, 1.82) is 0 Å². The molecule has 0 radical (unpaired) electrons. The summed E-state index contributed by atoms with van der Waals surface area (Å²) in [7, 11) is 3.18. The summed E-state index contributed by atoms with van der Waals surface area (Å²) in [4.78, 5) is 26.1. The highest BCUT2D eigenvalue weighted by Crippen LogP contribution is 2.20. The van der Waals surface area contributed by atoms with Gasteiger partial charge in [-0.15, -0.1) is 0 Å². The summed E-state index contributed by atoms with van der Waals surface area (Å²) in [5.41, 5.74) is 1.80. The van der Waals surface area contributed by atoms with Crippen LogP contribution in [0.1, 0.15) is 11.1 Å². The predicted octanol–water partition coefficient (Wildman–Crippen LogP) is 2.34. The third kappa shape index (κ3) is 4.49. The lowest BCUT2D eigenvalue weighted by molar-refractivity contribution is -0.125. The minimum atomic E-state index is -0.665. The second-order valence-corrected chi connectivity index (χ2v) is 6.14. The Morgan fingerprint density at radius 2 is 1.85 bits per heavy atom. The van der Waals surface area contributed by atoms with Crippen molar-refractivity contribution >= 4 is 12.0 Å². The molecule has 1 aliphatic heterocycles. The second kappa shape index (κ2) is 8.44. The molecule has 0 unspecified atom stereocenters. The lowest BCUT2D eigenvalue weighted by Crippen LogP contribution is -2.45. The van der Waals surface area contributed by atoms with Gasteiger partial charge < -0.3 is 19.5 Å². The molecule has 0 spiro atoms. The number of cyclic esters (lactones) is 1. The van der Waals surface area contributed by atoms with Crippen molar-refractivity contribution in [3.63, 3.8) is 0 Å². The summed E-state index contributed by atoms with van der Waals surface area (Å²) in [6, 6.07) is 14.1. The molecule has 0 bridgehead atoms. The van der Waals surface area contributed by atoms with Gasteiger partial charge in [-0.25, -0.2) is 4.79 Å². The summed E-state index contributed by atoms with van der Waals surface area (Å²) in [6.07, 6.45) is -0.498. The van der Waals surface area contributed by atoms with Gasteiger partial charge in [0.2, 0.25) is 5.91 Å². The van der Waals surface area contributed by atoms with E-state index >= 15 is 0 Å². The average Bonchev–Trinajstić information content (AvgIpc) is 3.07. The van der Waals surface area contributed by atoms with Gasteiger partial charge in [-0.1, -0.05) is 24.3 Å². The fourth-order valence-electron chi connectivity index (χ4n) is 2.86. The van der Waals surface area contributed by atoms with Gasteiger partial charge in [-0.3, -0.25) is 9.69 Å². The van der Waals surface area contributed by atoms with Crippen LogP contribution in [0.25, 0.3) is 0 Å². The number of hydrogen-bond acceptors (Lipinski definition) is 5. The molecule has 1 atom stereocenters. The van der Waals surface area contributed by atoms with Crippen LogP contribution in [0, 0.1) is 0 Å². The van der Waals surface area contributed by atoms with Crippen LogP contribution in [0.5, 0.6) is 11.5 Å². The molecular weight excluding hydrogens is 348 g/mol. The van der Waals surface area contributed by atoms with Crippen molar-refractivity contribution in [2.45, 2.75) is 19.1 Å². The van der Waals surface area contributed by atoms with Gasteiger partial charge in [0, 0.05) is 6.54 Å². The van der Waals surface area contributed by atoms with E-state index < -0.39 is 12.1 Å². The number of amides is 2. The van der Waals surface area contributed by atoms with Gasteiger partial charge in [-0.05, 0) is 35.4 Å². The Morgan fingerprint density at radius 1 is 1.11 bits per heavy atom. The quantitative estimate of drug-likeness (QED) is 0.810. The van der Waals surface area contributed by atoms with Crippen molar-refractivity contribution in [2.75, 3.05) is 20.8 Å². The first kappa shape index (κ1) is 18.6. The smallest absolute Gasteiger partial charge is 0.410 e. The summed E-state index contributed by atoms with van der Waals surface area (Å²) in [5, 5.41) is 2.86. The molecule has 2 aromatic carbocycles. The number of hydrogen-bond donors (Lipinski definition) is 1. The molecule has 0 saturated carbocycles. The van der Waals surface area contributed by atoms with E-state index in [9.17, 15) is 9.59 Å². The molecule has 2 aromatic rings. The number of carbonyl (C=O) groups excluding carboxylic acids is 2. The van der Waals surface area contributed by atoms with E-state index in [1.54, 1.807) is 14.2 Å². The van der Waals surface area contributed by atoms with Crippen molar-refractivity contribution in [2.24, 2.45) is 0 Å². The molecule has 7 heteroatoms. The van der Waals surface area contributed by atoms with E-state index in [1.165, 1.54) is 4.90 Å². The maximum Gasteiger partial charge on any atom is 0.410 e. The molecule has 3 rings (SSSR count). The van der Waals surface area contributed by atoms with E-state index in [-0.39, 0.29) is 19.1 Å². The highest BCUT2D eigenvalue weighted by Gasteiger charge is 2.37. The number of nitrogens with one attached hydrogen (secondary N) is 1. The standard InChI is InChI=1S/C20H22N2O5/c1-25-16-8-6-14(7-9-16)11-21-19(23)18-13-27-20(24)22(18)12-15-4-3-5-17(10-15)26-2/h3-10,18H,11-13H2,1-2H3,(H,21,23)/t18-/m0/s1. The maximum atomic E-state index is 12.6. The summed E-state index contributed by atoms with van der Waals surface area (Å²) < 4.78 is 15.4. The Hall–Kier alpha value is -3.22. The zero-order valence-corrected chi connectivity index (χ0v) is 15.3. The minimum absolute atomic E-state index is 0.0389. The molecule has 27 heavy (non-hydrogen) atoms. The van der Waals surface area contributed by atoms with E-state index in [0.717, 1.165) is 16.9 Å². The Kier molecular flexibility index (Phi) is 5.80. The average molecular weight is 370 g/mol. The number of ether oxygens (including phenoxy) is 3. The van der Waals surface area contributed by atoms with Crippen LogP contribution in [0.4, 0.5) is 4.79 Å². The maximum absolute atomic E-state index is 12.6. The van der Waals surface area contributed by atoms with Crippen LogP contribution < -0.4 is 14.8 Å². The van der Waals surface area contributed by atoms with Crippen molar-refractivity contribution < 1.29 is 23.8 Å². The van der Waals surface area contributed by atoms with Crippen molar-refractivity contribution in [1.82, 2.24) is 10.2 Å². The van der Waals surface area contributed by atoms with Gasteiger partial charge >= 0.3 is 6.09 Å². The fraction of sp³-hybridized carbons (Fsp3) is 0.300. The predicted molar refractivity (Wildman–Crippen MR) is 98.5 cm³/mol. The van der Waals surface area contributed by atoms with Crippen LogP contribution in [-0.4, -0.2) is 43.8 Å². The molecule has 1 heterocycles. The molecule has 1 fully saturated rings. The molecule has 1 N–H and O–H groups in total. The Bertz CT molecular complexity index is 806. The second-order valence-electron chi connectivity index (χ2n) is 6.14. The molecule has 0 aromatic heterocycles. The topological polar surface area (TPSA) is 77.1 Å². The van der Waals surface area contributed by atoms with Crippen LogP contribution in [0.3, 0.4) is 0 Å². The Labute approximate surface area is 157 Å². The molecule has 142 valence electrons. The van der Waals surface area contributed by atoms with Crippen molar-refractivity contribution in [3.05, 3.63) is 59.7 Å². The number of benzene rings is 2. The molecule has 1 aliphatic rings. The first-order valence-corrected chi connectivity index (χ1v) is 8.57. The van der Waals surface area contributed by atoms with Gasteiger partial charge in [0.15, 0.2) is 0 Å². The molecule has 0 aliphatic carbocycles. The minimum Gasteiger partial charge on any atom is -0.497 e. The van der Waals surface area contributed by atoms with Gasteiger partial charge in [0.1, 0.15) is 24.1 Å². The Balaban J connectivity index is 1.62. The molecular formula is C20H22N2O5. The summed E-state index contributed by atoms with van der Waals surface area (Å²) in [5.74, 6) is 1.20. The summed E-state index contributed by atoms with van der Waals surface area (Å²) >= 11 is 0. The number of carbonyl (C=O) groups is 2. The van der Waals surface area contributed by atoms with Gasteiger partial charge in [0.25, 0.3) is 0 Å². The Morgan fingerprint density at radius 3 is 2.56 bits per heavy atom. The highest BCUT2D eigenvalue weighted by atomic mass is 16.6. The van der Waals surface area contributed by atoms with Crippen LogP contribution >= 0.6 is 0 Å². The van der Waals surface area contributed by atoms with E-state index in [1.807, 2.05) is 48.5 Å². The normalized spacial score (nSPS) is 16.0. The van der Waals surface area contributed by atoms with Crippen molar-refractivity contribution in [3.8, 4) is 11.5 Å². The zero-order valence-electron chi connectivity index (χ0n) is 15.3. The van der Waals surface area contributed by atoms with Crippen LogP contribution in [-0.2, 0) is 22.6 Å². The highest BCUT2D eigenvalue weighted by molar-refractivity contribution is 5.87. The third-order valence-electron chi connectivity index (χ3n) is 4.39. The van der Waals surface area contributed by atoms with Crippen LogP contribution in [0.15, 0.2) is 48.5 Å². The number of rotatable bonds is 7. The molecule has 2 amide bonds. The number of nitrogens with zero attached hydrogens (tertiary/aromatic N) is 1.